The van der Waals surface area contributed by atoms with Gasteiger partial charge in [-0.3, -0.25) is 0 Å². The highest BCUT2D eigenvalue weighted by molar-refractivity contribution is 7.80. The molecule has 0 aliphatic heterocycles. The zero-order chi connectivity index (χ0) is 12.1. The minimum atomic E-state index is 0.620. The van der Waals surface area contributed by atoms with Crippen LogP contribution in [0.4, 0.5) is 0 Å². The third-order valence-electron chi connectivity index (χ3n) is 4.39. The molecule has 17 heavy (non-hydrogen) atoms. The molecule has 2 rings (SSSR count). The van der Waals surface area contributed by atoms with Crippen molar-refractivity contribution < 1.29 is 0 Å². The van der Waals surface area contributed by atoms with E-state index in [-0.39, 0.29) is 0 Å². The van der Waals surface area contributed by atoms with Gasteiger partial charge in [0.15, 0.2) is 5.11 Å². The Morgan fingerprint density at radius 1 is 1.00 bits per heavy atom. The van der Waals surface area contributed by atoms with Crippen LogP contribution in [-0.2, 0) is 0 Å². The summed E-state index contributed by atoms with van der Waals surface area (Å²) in [4.78, 5) is 0. The van der Waals surface area contributed by atoms with E-state index in [0.717, 1.165) is 11.0 Å². The summed E-state index contributed by atoms with van der Waals surface area (Å²) in [6.07, 6.45) is 12.0. The molecule has 2 aliphatic carbocycles. The van der Waals surface area contributed by atoms with Crippen molar-refractivity contribution in [2.24, 2.45) is 5.92 Å². The summed E-state index contributed by atoms with van der Waals surface area (Å²) in [6, 6.07) is 1.26. The Kier molecular flexibility index (Phi) is 5.08. The van der Waals surface area contributed by atoms with E-state index in [1.54, 1.807) is 0 Å². The molecule has 0 bridgehead atoms. The molecule has 3 heteroatoms. The van der Waals surface area contributed by atoms with E-state index < -0.39 is 0 Å². The lowest BCUT2D eigenvalue weighted by atomic mass is 9.84. The molecule has 0 aromatic heterocycles. The first-order valence-corrected chi connectivity index (χ1v) is 7.75. The number of hydrogen-bond acceptors (Lipinski definition) is 1. The van der Waals surface area contributed by atoms with Crippen molar-refractivity contribution in [1.82, 2.24) is 10.6 Å². The summed E-state index contributed by atoms with van der Waals surface area (Å²) in [6.45, 7) is 2.31. The monoisotopic (exact) mass is 254 g/mol. The molecule has 0 saturated heterocycles. The van der Waals surface area contributed by atoms with Crippen molar-refractivity contribution in [3.8, 4) is 0 Å². The second-order valence-corrected chi connectivity index (χ2v) is 6.15. The molecule has 2 atom stereocenters. The number of hydrogen-bond donors (Lipinski definition) is 2. The van der Waals surface area contributed by atoms with Gasteiger partial charge in [0.25, 0.3) is 0 Å². The van der Waals surface area contributed by atoms with Crippen LogP contribution in [0.5, 0.6) is 0 Å². The molecule has 2 nitrogen and oxygen atoms in total. The standard InChI is InChI=1S/C14H26N2S/c1-2-11-6-5-9-13(10-11)16-14(17)15-12-7-3-4-8-12/h11-13H,2-10H2,1H3,(H2,15,16,17). The average Bonchev–Trinajstić information content (AvgIpc) is 2.82. The smallest absolute Gasteiger partial charge is 0.166 e. The highest BCUT2D eigenvalue weighted by Gasteiger charge is 2.22. The van der Waals surface area contributed by atoms with Crippen molar-refractivity contribution in [2.45, 2.75) is 76.8 Å². The Morgan fingerprint density at radius 2 is 1.65 bits per heavy atom. The van der Waals surface area contributed by atoms with Crippen molar-refractivity contribution in [1.29, 1.82) is 0 Å². The van der Waals surface area contributed by atoms with Crippen molar-refractivity contribution in [2.75, 3.05) is 0 Å². The van der Waals surface area contributed by atoms with E-state index in [4.69, 9.17) is 12.2 Å². The quantitative estimate of drug-likeness (QED) is 0.755. The van der Waals surface area contributed by atoms with Gasteiger partial charge in [0.1, 0.15) is 0 Å². The Morgan fingerprint density at radius 3 is 2.35 bits per heavy atom. The predicted molar refractivity (Wildman–Crippen MR) is 77.2 cm³/mol. The second-order valence-electron chi connectivity index (χ2n) is 5.74. The molecule has 0 heterocycles. The van der Waals surface area contributed by atoms with Crippen LogP contribution in [0.3, 0.4) is 0 Å². The molecular formula is C14H26N2S. The fourth-order valence-corrected chi connectivity index (χ4v) is 3.61. The van der Waals surface area contributed by atoms with Crippen molar-refractivity contribution >= 4 is 17.3 Å². The van der Waals surface area contributed by atoms with Crippen LogP contribution in [0.1, 0.15) is 64.7 Å². The summed E-state index contributed by atoms with van der Waals surface area (Å²) >= 11 is 5.42. The molecule has 0 radical (unpaired) electrons. The molecule has 0 amide bonds. The maximum absolute atomic E-state index is 5.42. The van der Waals surface area contributed by atoms with Gasteiger partial charge in [-0.2, -0.15) is 0 Å². The maximum atomic E-state index is 5.42. The van der Waals surface area contributed by atoms with Crippen LogP contribution in [-0.4, -0.2) is 17.2 Å². The van der Waals surface area contributed by atoms with Crippen LogP contribution < -0.4 is 10.6 Å². The number of thiocarbonyl (C=S) groups is 1. The highest BCUT2D eigenvalue weighted by Crippen LogP contribution is 2.26. The molecule has 2 N–H and O–H groups in total. The zero-order valence-electron chi connectivity index (χ0n) is 11.0. The van der Waals surface area contributed by atoms with Crippen LogP contribution in [0.25, 0.3) is 0 Å². The molecule has 0 aromatic carbocycles. The van der Waals surface area contributed by atoms with Gasteiger partial charge in [-0.25, -0.2) is 0 Å². The summed E-state index contributed by atoms with van der Waals surface area (Å²) in [5, 5.41) is 7.91. The van der Waals surface area contributed by atoms with Crippen molar-refractivity contribution in [3.63, 3.8) is 0 Å². The molecule has 2 saturated carbocycles. The fourth-order valence-electron chi connectivity index (χ4n) is 3.28. The van der Waals surface area contributed by atoms with Gasteiger partial charge < -0.3 is 10.6 Å². The lowest BCUT2D eigenvalue weighted by molar-refractivity contribution is 0.299. The van der Waals surface area contributed by atoms with Crippen LogP contribution in [0.15, 0.2) is 0 Å². The van der Waals surface area contributed by atoms with Gasteiger partial charge in [-0.15, -0.1) is 0 Å². The second kappa shape index (κ2) is 6.58. The van der Waals surface area contributed by atoms with Gasteiger partial charge in [0.05, 0.1) is 0 Å². The normalized spacial score (nSPS) is 30.2. The minimum Gasteiger partial charge on any atom is -0.360 e. The first-order chi connectivity index (χ1) is 8.28. The molecule has 2 aliphatic rings. The van der Waals surface area contributed by atoms with Gasteiger partial charge in [0.2, 0.25) is 0 Å². The fraction of sp³-hybridized carbons (Fsp3) is 0.929. The molecule has 2 unspecified atom stereocenters. The van der Waals surface area contributed by atoms with Gasteiger partial charge in [-0.1, -0.05) is 39.0 Å². The van der Waals surface area contributed by atoms with E-state index in [9.17, 15) is 0 Å². The van der Waals surface area contributed by atoms with E-state index in [2.05, 4.69) is 17.6 Å². The summed E-state index contributed by atoms with van der Waals surface area (Å²) in [7, 11) is 0. The zero-order valence-corrected chi connectivity index (χ0v) is 11.8. The van der Waals surface area contributed by atoms with Gasteiger partial charge >= 0.3 is 0 Å². The predicted octanol–water partition coefficient (Wildman–Crippen LogP) is 3.36. The lowest BCUT2D eigenvalue weighted by Crippen LogP contribution is -2.46. The largest absolute Gasteiger partial charge is 0.360 e. The first-order valence-electron chi connectivity index (χ1n) is 7.35. The SMILES string of the molecule is CCC1CCCC(NC(=S)NC2CCCC2)C1. The molecule has 2 fully saturated rings. The molecule has 0 spiro atoms. The molecule has 0 aromatic rings. The Hall–Kier alpha value is -0.310. The van der Waals surface area contributed by atoms with E-state index >= 15 is 0 Å². The number of rotatable bonds is 3. The highest BCUT2D eigenvalue weighted by atomic mass is 32.1. The Balaban J connectivity index is 1.70. The van der Waals surface area contributed by atoms with Gasteiger partial charge in [-0.05, 0) is 43.8 Å². The Labute approximate surface area is 111 Å². The maximum Gasteiger partial charge on any atom is 0.166 e. The topological polar surface area (TPSA) is 24.1 Å². The summed E-state index contributed by atoms with van der Waals surface area (Å²) < 4.78 is 0. The van der Waals surface area contributed by atoms with E-state index in [1.165, 1.54) is 57.8 Å². The summed E-state index contributed by atoms with van der Waals surface area (Å²) in [5.74, 6) is 0.913. The van der Waals surface area contributed by atoms with Crippen LogP contribution >= 0.6 is 12.2 Å². The molecular weight excluding hydrogens is 228 g/mol. The third kappa shape index (κ3) is 4.13. The third-order valence-corrected chi connectivity index (χ3v) is 4.62. The summed E-state index contributed by atoms with van der Waals surface area (Å²) in [5.41, 5.74) is 0. The number of nitrogens with one attached hydrogen (secondary N) is 2. The Bertz CT molecular complexity index is 249. The lowest BCUT2D eigenvalue weighted by Gasteiger charge is -2.30. The van der Waals surface area contributed by atoms with Crippen LogP contribution in [0.2, 0.25) is 0 Å². The first kappa shape index (κ1) is 13.1. The van der Waals surface area contributed by atoms with Crippen LogP contribution in [0, 0.1) is 5.92 Å². The average molecular weight is 254 g/mol. The molecule has 98 valence electrons. The van der Waals surface area contributed by atoms with E-state index in [0.29, 0.717) is 12.1 Å². The van der Waals surface area contributed by atoms with Crippen molar-refractivity contribution in [3.05, 3.63) is 0 Å². The van der Waals surface area contributed by atoms with E-state index in [1.807, 2.05) is 0 Å². The minimum absolute atomic E-state index is 0.620. The van der Waals surface area contributed by atoms with Gasteiger partial charge in [0, 0.05) is 12.1 Å².